The highest BCUT2D eigenvalue weighted by molar-refractivity contribution is 7.18. The first-order chi connectivity index (χ1) is 11.4. The number of ether oxygens (including phenoxy) is 1. The Morgan fingerprint density at radius 1 is 1.12 bits per heavy atom. The molecule has 0 bridgehead atoms. The first-order valence-corrected chi connectivity index (χ1v) is 8.77. The molecular formula is C20H21NO2S. The summed E-state index contributed by atoms with van der Waals surface area (Å²) in [5.74, 6) is -0.239. The third-order valence-electron chi connectivity index (χ3n) is 4.51. The lowest BCUT2D eigenvalue weighted by Gasteiger charge is -2.14. The number of esters is 1. The van der Waals surface area contributed by atoms with Crippen LogP contribution in [-0.2, 0) is 16.0 Å². The van der Waals surface area contributed by atoms with Crippen molar-refractivity contribution in [2.75, 3.05) is 7.11 Å². The van der Waals surface area contributed by atoms with Crippen molar-refractivity contribution in [1.29, 1.82) is 0 Å². The molecule has 0 aliphatic rings. The molecule has 0 aliphatic heterocycles. The number of carbonyl (C=O) groups excluding carboxylic acids is 1. The van der Waals surface area contributed by atoms with Gasteiger partial charge in [-0.1, -0.05) is 29.8 Å². The highest BCUT2D eigenvalue weighted by Crippen LogP contribution is 2.40. The molecule has 2 aromatic heterocycles. The van der Waals surface area contributed by atoms with E-state index in [-0.39, 0.29) is 12.4 Å². The predicted octanol–water partition coefficient (Wildman–Crippen LogP) is 4.91. The molecule has 124 valence electrons. The van der Waals surface area contributed by atoms with Crippen LogP contribution in [0.25, 0.3) is 21.3 Å². The van der Waals surface area contributed by atoms with Gasteiger partial charge in [0.15, 0.2) is 0 Å². The average Bonchev–Trinajstić information content (AvgIpc) is 2.83. The number of aryl methyl sites for hydroxylation is 4. The summed E-state index contributed by atoms with van der Waals surface area (Å²) in [6.07, 6.45) is 0.239. The fraction of sp³-hybridized carbons (Fsp3) is 0.300. The maximum absolute atomic E-state index is 11.9. The van der Waals surface area contributed by atoms with Gasteiger partial charge in [0.2, 0.25) is 0 Å². The second-order valence-electron chi connectivity index (χ2n) is 6.13. The van der Waals surface area contributed by atoms with Crippen LogP contribution in [0.5, 0.6) is 0 Å². The van der Waals surface area contributed by atoms with Crippen LogP contribution in [-0.4, -0.2) is 18.1 Å². The molecular weight excluding hydrogens is 318 g/mol. The normalized spacial score (nSPS) is 11.0. The standard InChI is InChI=1S/C20H21NO2S/c1-11-6-8-15(9-7-11)19-16(10-17(22)23-5)13(3)21-20-18(19)12(2)14(4)24-20/h6-9H,10H2,1-5H3. The van der Waals surface area contributed by atoms with Gasteiger partial charge in [0.25, 0.3) is 0 Å². The molecule has 2 heterocycles. The van der Waals surface area contributed by atoms with Gasteiger partial charge in [0.05, 0.1) is 13.5 Å². The van der Waals surface area contributed by atoms with E-state index in [4.69, 9.17) is 9.72 Å². The van der Waals surface area contributed by atoms with E-state index in [1.807, 2.05) is 6.92 Å². The fourth-order valence-electron chi connectivity index (χ4n) is 3.01. The van der Waals surface area contributed by atoms with Crippen molar-refractivity contribution in [3.05, 3.63) is 51.5 Å². The van der Waals surface area contributed by atoms with Crippen LogP contribution in [0.1, 0.15) is 27.3 Å². The molecule has 0 spiro atoms. The van der Waals surface area contributed by atoms with Crippen LogP contribution < -0.4 is 0 Å². The smallest absolute Gasteiger partial charge is 0.310 e. The summed E-state index contributed by atoms with van der Waals surface area (Å²) < 4.78 is 4.90. The zero-order valence-electron chi connectivity index (χ0n) is 14.7. The summed E-state index contributed by atoms with van der Waals surface area (Å²) in [5, 5.41) is 1.16. The highest BCUT2D eigenvalue weighted by atomic mass is 32.1. The molecule has 0 N–H and O–H groups in total. The molecule has 0 saturated carbocycles. The number of thiophene rings is 1. The van der Waals surface area contributed by atoms with Gasteiger partial charge >= 0.3 is 5.97 Å². The van der Waals surface area contributed by atoms with E-state index in [2.05, 4.69) is 45.0 Å². The Bertz CT molecular complexity index is 923. The number of fused-ring (bicyclic) bond motifs is 1. The summed E-state index contributed by atoms with van der Waals surface area (Å²) in [7, 11) is 1.43. The topological polar surface area (TPSA) is 39.2 Å². The lowest BCUT2D eigenvalue weighted by atomic mass is 9.92. The third-order valence-corrected chi connectivity index (χ3v) is 5.61. The molecule has 4 heteroatoms. The molecule has 3 rings (SSSR count). The first kappa shape index (κ1) is 16.7. The number of rotatable bonds is 3. The average molecular weight is 339 g/mol. The van der Waals surface area contributed by atoms with E-state index < -0.39 is 0 Å². The number of carbonyl (C=O) groups is 1. The number of benzene rings is 1. The first-order valence-electron chi connectivity index (χ1n) is 7.95. The minimum atomic E-state index is -0.239. The summed E-state index contributed by atoms with van der Waals surface area (Å²) >= 11 is 1.71. The van der Waals surface area contributed by atoms with Crippen LogP contribution in [0.15, 0.2) is 24.3 Å². The lowest BCUT2D eigenvalue weighted by Crippen LogP contribution is -2.08. The van der Waals surface area contributed by atoms with Gasteiger partial charge in [-0.05, 0) is 49.9 Å². The SMILES string of the molecule is COC(=O)Cc1c(C)nc2sc(C)c(C)c2c1-c1ccc(C)cc1. The Kier molecular flexibility index (Phi) is 4.41. The van der Waals surface area contributed by atoms with Gasteiger partial charge in [0.1, 0.15) is 4.83 Å². The van der Waals surface area contributed by atoms with E-state index in [0.717, 1.165) is 32.6 Å². The van der Waals surface area contributed by atoms with Crippen LogP contribution >= 0.6 is 11.3 Å². The minimum Gasteiger partial charge on any atom is -0.469 e. The third kappa shape index (κ3) is 2.82. The Morgan fingerprint density at radius 3 is 2.42 bits per heavy atom. The minimum absolute atomic E-state index is 0.239. The summed E-state index contributed by atoms with van der Waals surface area (Å²) in [4.78, 5) is 19.0. The summed E-state index contributed by atoms with van der Waals surface area (Å²) in [5.41, 5.74) is 6.54. The molecule has 0 fully saturated rings. The second kappa shape index (κ2) is 6.36. The van der Waals surface area contributed by atoms with Crippen LogP contribution in [0, 0.1) is 27.7 Å². The number of nitrogens with zero attached hydrogens (tertiary/aromatic N) is 1. The maximum Gasteiger partial charge on any atom is 0.310 e. The van der Waals surface area contributed by atoms with Gasteiger partial charge in [-0.15, -0.1) is 11.3 Å². The van der Waals surface area contributed by atoms with Gasteiger partial charge in [-0.25, -0.2) is 4.98 Å². The Labute approximate surface area is 146 Å². The fourth-order valence-corrected chi connectivity index (χ4v) is 4.09. The van der Waals surface area contributed by atoms with Crippen molar-refractivity contribution < 1.29 is 9.53 Å². The van der Waals surface area contributed by atoms with Gasteiger partial charge in [-0.3, -0.25) is 4.79 Å². The monoisotopic (exact) mass is 339 g/mol. The molecule has 0 radical (unpaired) electrons. The molecule has 3 aromatic rings. The lowest BCUT2D eigenvalue weighted by molar-refractivity contribution is -0.139. The largest absolute Gasteiger partial charge is 0.469 e. The van der Waals surface area contributed by atoms with Crippen molar-refractivity contribution in [1.82, 2.24) is 4.98 Å². The van der Waals surface area contributed by atoms with E-state index in [9.17, 15) is 4.79 Å². The van der Waals surface area contributed by atoms with Crippen molar-refractivity contribution >= 4 is 27.5 Å². The van der Waals surface area contributed by atoms with Gasteiger partial charge < -0.3 is 4.74 Å². The zero-order chi connectivity index (χ0) is 17.4. The Hall–Kier alpha value is -2.20. The molecule has 0 atom stereocenters. The van der Waals surface area contributed by atoms with Crippen LogP contribution in [0.4, 0.5) is 0 Å². The molecule has 0 saturated heterocycles. The van der Waals surface area contributed by atoms with Crippen molar-refractivity contribution in [3.8, 4) is 11.1 Å². The maximum atomic E-state index is 11.9. The van der Waals surface area contributed by atoms with Crippen molar-refractivity contribution in [2.45, 2.75) is 34.1 Å². The van der Waals surface area contributed by atoms with E-state index >= 15 is 0 Å². The van der Waals surface area contributed by atoms with Crippen molar-refractivity contribution in [2.24, 2.45) is 0 Å². The molecule has 3 nitrogen and oxygen atoms in total. The number of hydrogen-bond donors (Lipinski definition) is 0. The summed E-state index contributed by atoms with van der Waals surface area (Å²) in [6.45, 7) is 8.30. The predicted molar refractivity (Wildman–Crippen MR) is 99.7 cm³/mol. The van der Waals surface area contributed by atoms with Crippen molar-refractivity contribution in [3.63, 3.8) is 0 Å². The van der Waals surface area contributed by atoms with Gasteiger partial charge in [0, 0.05) is 16.0 Å². The van der Waals surface area contributed by atoms with Crippen LogP contribution in [0.3, 0.4) is 0 Å². The Morgan fingerprint density at radius 2 is 1.79 bits per heavy atom. The molecule has 0 amide bonds. The quantitative estimate of drug-likeness (QED) is 0.636. The van der Waals surface area contributed by atoms with Crippen LogP contribution in [0.2, 0.25) is 0 Å². The van der Waals surface area contributed by atoms with E-state index in [0.29, 0.717) is 0 Å². The summed E-state index contributed by atoms with van der Waals surface area (Å²) in [6, 6.07) is 8.45. The number of hydrogen-bond acceptors (Lipinski definition) is 4. The Balaban J connectivity index is 2.37. The molecule has 0 unspecified atom stereocenters. The molecule has 24 heavy (non-hydrogen) atoms. The number of pyridine rings is 1. The number of methoxy groups -OCH3 is 1. The highest BCUT2D eigenvalue weighted by Gasteiger charge is 2.20. The van der Waals surface area contributed by atoms with E-state index in [1.54, 1.807) is 11.3 Å². The molecule has 1 aromatic carbocycles. The second-order valence-corrected chi connectivity index (χ2v) is 7.34. The zero-order valence-corrected chi connectivity index (χ0v) is 15.5. The molecule has 0 aliphatic carbocycles. The number of aromatic nitrogens is 1. The van der Waals surface area contributed by atoms with E-state index in [1.165, 1.54) is 23.1 Å². The van der Waals surface area contributed by atoms with Gasteiger partial charge in [-0.2, -0.15) is 0 Å².